The Morgan fingerprint density at radius 1 is 1.31 bits per heavy atom. The summed E-state index contributed by atoms with van der Waals surface area (Å²) in [5, 5.41) is 8.98. The molecular formula is C11H6ClN3O. The maximum atomic E-state index is 8.78. The number of pyridine rings is 2. The average Bonchev–Trinajstić information content (AvgIpc) is 2.33. The fourth-order valence-electron chi connectivity index (χ4n) is 1.10. The van der Waals surface area contributed by atoms with E-state index in [-0.39, 0.29) is 10.9 Å². The van der Waals surface area contributed by atoms with Gasteiger partial charge in [0, 0.05) is 12.4 Å². The standard InChI is InChI=1S/C11H6ClN3O/c12-10-8(6-13)3-5-15-11(10)16-9-2-1-4-14-7-9/h1-5,7H. The van der Waals surface area contributed by atoms with Gasteiger partial charge in [0.25, 0.3) is 0 Å². The van der Waals surface area contributed by atoms with E-state index in [2.05, 4.69) is 9.97 Å². The average molecular weight is 232 g/mol. The van der Waals surface area contributed by atoms with Crippen LogP contribution < -0.4 is 4.74 Å². The van der Waals surface area contributed by atoms with E-state index in [1.165, 1.54) is 18.5 Å². The van der Waals surface area contributed by atoms with E-state index < -0.39 is 0 Å². The van der Waals surface area contributed by atoms with Gasteiger partial charge in [-0.3, -0.25) is 4.98 Å². The van der Waals surface area contributed by atoms with E-state index in [0.717, 1.165) is 0 Å². The van der Waals surface area contributed by atoms with E-state index in [0.29, 0.717) is 11.3 Å². The molecule has 0 aromatic carbocycles. The normalized spacial score (nSPS) is 9.50. The smallest absolute Gasteiger partial charge is 0.239 e. The van der Waals surface area contributed by atoms with Crippen LogP contribution in [0, 0.1) is 11.3 Å². The van der Waals surface area contributed by atoms with Crippen LogP contribution in [0.3, 0.4) is 0 Å². The molecule has 0 saturated carbocycles. The molecule has 0 atom stereocenters. The molecule has 0 bridgehead atoms. The minimum absolute atomic E-state index is 0.203. The Bertz CT molecular complexity index is 537. The number of nitrogens with zero attached hydrogens (tertiary/aromatic N) is 3. The van der Waals surface area contributed by atoms with Crippen LogP contribution in [-0.2, 0) is 0 Å². The largest absolute Gasteiger partial charge is 0.436 e. The lowest BCUT2D eigenvalue weighted by Crippen LogP contribution is -1.91. The first-order chi connectivity index (χ1) is 7.81. The van der Waals surface area contributed by atoms with Crippen LogP contribution in [0.1, 0.15) is 5.56 Å². The number of hydrogen-bond donors (Lipinski definition) is 0. The van der Waals surface area contributed by atoms with Crippen molar-refractivity contribution in [2.24, 2.45) is 0 Å². The van der Waals surface area contributed by atoms with Gasteiger partial charge in [-0.25, -0.2) is 4.98 Å². The van der Waals surface area contributed by atoms with Crippen molar-refractivity contribution < 1.29 is 4.74 Å². The van der Waals surface area contributed by atoms with E-state index in [1.54, 1.807) is 18.3 Å². The molecule has 4 nitrogen and oxygen atoms in total. The van der Waals surface area contributed by atoms with Crippen molar-refractivity contribution in [3.8, 4) is 17.7 Å². The molecule has 2 rings (SSSR count). The summed E-state index contributed by atoms with van der Waals surface area (Å²) in [6.45, 7) is 0. The number of nitriles is 1. The van der Waals surface area contributed by atoms with Crippen molar-refractivity contribution in [2.75, 3.05) is 0 Å². The van der Waals surface area contributed by atoms with Crippen molar-refractivity contribution in [3.05, 3.63) is 47.4 Å². The van der Waals surface area contributed by atoms with Gasteiger partial charge in [-0.15, -0.1) is 0 Å². The Hall–Kier alpha value is -2.12. The predicted molar refractivity (Wildman–Crippen MR) is 58.3 cm³/mol. The molecule has 0 radical (unpaired) electrons. The van der Waals surface area contributed by atoms with Crippen LogP contribution in [0.15, 0.2) is 36.8 Å². The molecule has 78 valence electrons. The van der Waals surface area contributed by atoms with Gasteiger partial charge in [0.1, 0.15) is 16.8 Å². The van der Waals surface area contributed by atoms with Crippen LogP contribution in [0.2, 0.25) is 5.02 Å². The van der Waals surface area contributed by atoms with Crippen molar-refractivity contribution in [1.82, 2.24) is 9.97 Å². The molecule has 0 N–H and O–H groups in total. The number of hydrogen-bond acceptors (Lipinski definition) is 4. The predicted octanol–water partition coefficient (Wildman–Crippen LogP) is 2.79. The summed E-state index contributed by atoms with van der Waals surface area (Å²) in [7, 11) is 0. The SMILES string of the molecule is N#Cc1ccnc(Oc2cccnc2)c1Cl. The second kappa shape index (κ2) is 4.60. The first-order valence-corrected chi connectivity index (χ1v) is 4.81. The van der Waals surface area contributed by atoms with Crippen molar-refractivity contribution in [3.63, 3.8) is 0 Å². The van der Waals surface area contributed by atoms with Crippen molar-refractivity contribution >= 4 is 11.6 Å². The van der Waals surface area contributed by atoms with Gasteiger partial charge in [-0.1, -0.05) is 11.6 Å². The van der Waals surface area contributed by atoms with Gasteiger partial charge in [0.2, 0.25) is 5.88 Å². The summed E-state index contributed by atoms with van der Waals surface area (Å²) in [6.07, 6.45) is 4.64. The molecule has 0 fully saturated rings. The Kier molecular flexibility index (Phi) is 2.99. The molecule has 2 aromatic heterocycles. The molecule has 5 heteroatoms. The lowest BCUT2D eigenvalue weighted by Gasteiger charge is -2.05. The summed E-state index contributed by atoms with van der Waals surface area (Å²) in [6, 6.07) is 6.94. The highest BCUT2D eigenvalue weighted by Crippen LogP contribution is 2.28. The quantitative estimate of drug-likeness (QED) is 0.797. The third-order valence-electron chi connectivity index (χ3n) is 1.83. The molecule has 16 heavy (non-hydrogen) atoms. The summed E-state index contributed by atoms with van der Waals surface area (Å²) in [4.78, 5) is 7.84. The maximum absolute atomic E-state index is 8.78. The Morgan fingerprint density at radius 3 is 2.88 bits per heavy atom. The first kappa shape index (κ1) is 10.4. The molecule has 0 aliphatic rings. The van der Waals surface area contributed by atoms with Crippen LogP contribution in [0.4, 0.5) is 0 Å². The third kappa shape index (κ3) is 2.10. The van der Waals surface area contributed by atoms with E-state index in [4.69, 9.17) is 21.6 Å². The number of halogens is 1. The highest BCUT2D eigenvalue weighted by atomic mass is 35.5. The molecule has 2 heterocycles. The number of ether oxygens (including phenoxy) is 1. The Morgan fingerprint density at radius 2 is 2.19 bits per heavy atom. The second-order valence-corrected chi connectivity index (χ2v) is 3.26. The third-order valence-corrected chi connectivity index (χ3v) is 2.19. The topological polar surface area (TPSA) is 58.8 Å². The number of rotatable bonds is 2. The Balaban J connectivity index is 2.33. The van der Waals surface area contributed by atoms with Crippen LogP contribution in [0.5, 0.6) is 11.6 Å². The zero-order valence-corrected chi connectivity index (χ0v) is 8.85. The highest BCUT2D eigenvalue weighted by molar-refractivity contribution is 6.33. The fourth-order valence-corrected chi connectivity index (χ4v) is 1.29. The molecule has 0 amide bonds. The van der Waals surface area contributed by atoms with Gasteiger partial charge in [-0.2, -0.15) is 5.26 Å². The van der Waals surface area contributed by atoms with Gasteiger partial charge in [0.05, 0.1) is 11.8 Å². The lowest BCUT2D eigenvalue weighted by atomic mass is 10.3. The van der Waals surface area contributed by atoms with Crippen molar-refractivity contribution in [2.45, 2.75) is 0 Å². The van der Waals surface area contributed by atoms with Gasteiger partial charge < -0.3 is 4.74 Å². The summed E-state index contributed by atoms with van der Waals surface area (Å²) in [5.74, 6) is 0.723. The molecule has 0 aliphatic carbocycles. The number of aromatic nitrogens is 2. The van der Waals surface area contributed by atoms with Gasteiger partial charge in [-0.05, 0) is 18.2 Å². The summed E-state index contributed by atoms with van der Waals surface area (Å²) < 4.78 is 5.39. The van der Waals surface area contributed by atoms with Crippen LogP contribution in [-0.4, -0.2) is 9.97 Å². The van der Waals surface area contributed by atoms with Crippen LogP contribution in [0.25, 0.3) is 0 Å². The van der Waals surface area contributed by atoms with Crippen molar-refractivity contribution in [1.29, 1.82) is 5.26 Å². The minimum Gasteiger partial charge on any atom is -0.436 e. The zero-order chi connectivity index (χ0) is 11.4. The summed E-state index contributed by atoms with van der Waals surface area (Å²) in [5.41, 5.74) is 0.329. The van der Waals surface area contributed by atoms with Gasteiger partial charge >= 0.3 is 0 Å². The monoisotopic (exact) mass is 231 g/mol. The zero-order valence-electron chi connectivity index (χ0n) is 8.09. The van der Waals surface area contributed by atoms with Crippen LogP contribution >= 0.6 is 11.6 Å². The molecule has 2 aromatic rings. The molecule has 0 aliphatic heterocycles. The molecule has 0 unspecified atom stereocenters. The molecular weight excluding hydrogens is 226 g/mol. The maximum Gasteiger partial charge on any atom is 0.239 e. The van der Waals surface area contributed by atoms with E-state index in [1.807, 2.05) is 6.07 Å². The first-order valence-electron chi connectivity index (χ1n) is 4.44. The second-order valence-electron chi connectivity index (χ2n) is 2.88. The molecule has 0 spiro atoms. The lowest BCUT2D eigenvalue weighted by molar-refractivity contribution is 0.461. The van der Waals surface area contributed by atoms with E-state index in [9.17, 15) is 0 Å². The fraction of sp³-hybridized carbons (Fsp3) is 0. The summed E-state index contributed by atoms with van der Waals surface area (Å²) >= 11 is 5.93. The Labute approximate surface area is 97.1 Å². The van der Waals surface area contributed by atoms with Gasteiger partial charge in [0.15, 0.2) is 0 Å². The molecule has 0 saturated heterocycles. The minimum atomic E-state index is 0.203. The highest BCUT2D eigenvalue weighted by Gasteiger charge is 2.09. The van der Waals surface area contributed by atoms with E-state index >= 15 is 0 Å².